The summed E-state index contributed by atoms with van der Waals surface area (Å²) in [5, 5.41) is 13.7. The van der Waals surface area contributed by atoms with Gasteiger partial charge in [-0.25, -0.2) is 9.97 Å². The number of anilines is 2. The third kappa shape index (κ3) is 3.80. The Balaban J connectivity index is 1.36. The second kappa shape index (κ2) is 8.57. The van der Waals surface area contributed by atoms with E-state index in [1.54, 1.807) is 0 Å². The van der Waals surface area contributed by atoms with Crippen molar-refractivity contribution in [1.82, 2.24) is 29.9 Å². The molecule has 192 valence electrons. The maximum absolute atomic E-state index is 5.38. The predicted molar refractivity (Wildman–Crippen MR) is 147 cm³/mol. The molecule has 1 saturated carbocycles. The van der Waals surface area contributed by atoms with E-state index < -0.39 is 0 Å². The van der Waals surface area contributed by atoms with Crippen LogP contribution in [0.25, 0.3) is 22.3 Å². The average molecular weight is 497 g/mol. The smallest absolute Gasteiger partial charge is 0.162 e. The molecule has 37 heavy (non-hydrogen) atoms. The molecule has 1 saturated heterocycles. The second-order valence-corrected chi connectivity index (χ2v) is 11.3. The van der Waals surface area contributed by atoms with Crippen molar-refractivity contribution in [2.24, 2.45) is 7.05 Å². The van der Waals surface area contributed by atoms with Gasteiger partial charge in [-0.15, -0.1) is 0 Å². The van der Waals surface area contributed by atoms with Gasteiger partial charge in [0.05, 0.1) is 22.6 Å². The lowest BCUT2D eigenvalue weighted by atomic mass is 9.98. The van der Waals surface area contributed by atoms with E-state index in [9.17, 15) is 0 Å². The summed E-state index contributed by atoms with van der Waals surface area (Å²) < 4.78 is 2.07. The Hall–Kier alpha value is -3.42. The molecular weight excluding hydrogens is 460 g/mol. The number of hydrogen-bond donors (Lipinski definition) is 1. The van der Waals surface area contributed by atoms with Gasteiger partial charge in [-0.05, 0) is 64.5 Å². The summed E-state index contributed by atoms with van der Waals surface area (Å²) in [6, 6.07) is 7.05. The number of nitrogens with zero attached hydrogens (tertiary/aromatic N) is 7. The number of piperidine rings is 1. The Labute approximate surface area is 218 Å². The molecule has 8 nitrogen and oxygen atoms in total. The number of rotatable bonds is 4. The lowest BCUT2D eigenvalue weighted by Gasteiger charge is -2.38. The SMILES string of the molecule is Cc1ccc2[nH]nc(C)c2c1-c1nc2c(c(N3CCCCC3C)n1)CN(c1cc(C3CC3)nn1C)CC2. The second-order valence-electron chi connectivity index (χ2n) is 11.3. The Morgan fingerprint density at radius 2 is 1.89 bits per heavy atom. The molecule has 7 rings (SSSR count). The lowest BCUT2D eigenvalue weighted by molar-refractivity contribution is 0.478. The number of fused-ring (bicyclic) bond motifs is 2. The summed E-state index contributed by atoms with van der Waals surface area (Å²) >= 11 is 0. The number of aryl methyl sites for hydroxylation is 3. The average Bonchev–Trinajstić information content (AvgIpc) is 3.59. The largest absolute Gasteiger partial charge is 0.354 e. The Morgan fingerprint density at radius 1 is 1.03 bits per heavy atom. The zero-order valence-corrected chi connectivity index (χ0v) is 22.4. The van der Waals surface area contributed by atoms with Crippen LogP contribution in [-0.2, 0) is 20.0 Å². The first-order chi connectivity index (χ1) is 18.0. The highest BCUT2D eigenvalue weighted by Crippen LogP contribution is 2.41. The molecular formula is C29H36N8. The molecule has 1 unspecified atom stereocenters. The molecule has 3 aromatic heterocycles. The molecule has 3 aliphatic rings. The molecule has 1 aromatic carbocycles. The van der Waals surface area contributed by atoms with Gasteiger partial charge in [0, 0.05) is 67.6 Å². The molecule has 1 atom stereocenters. The number of H-pyrrole nitrogens is 1. The van der Waals surface area contributed by atoms with Crippen LogP contribution in [0.1, 0.15) is 73.2 Å². The van der Waals surface area contributed by atoms with Crippen molar-refractivity contribution in [3.63, 3.8) is 0 Å². The number of aromatic amines is 1. The first-order valence-electron chi connectivity index (χ1n) is 13.9. The third-order valence-electron chi connectivity index (χ3n) is 8.65. The minimum atomic E-state index is 0.474. The van der Waals surface area contributed by atoms with Crippen molar-refractivity contribution < 1.29 is 0 Å². The summed E-state index contributed by atoms with van der Waals surface area (Å²) in [5.74, 6) is 3.83. The van der Waals surface area contributed by atoms with E-state index in [2.05, 4.69) is 70.7 Å². The van der Waals surface area contributed by atoms with Crippen molar-refractivity contribution in [3.05, 3.63) is 46.4 Å². The minimum absolute atomic E-state index is 0.474. The van der Waals surface area contributed by atoms with Crippen molar-refractivity contribution in [1.29, 1.82) is 0 Å². The van der Waals surface area contributed by atoms with Crippen molar-refractivity contribution >= 4 is 22.5 Å². The van der Waals surface area contributed by atoms with Crippen LogP contribution < -0.4 is 9.80 Å². The molecule has 1 aliphatic carbocycles. The van der Waals surface area contributed by atoms with Crippen LogP contribution in [0.2, 0.25) is 0 Å². The van der Waals surface area contributed by atoms with E-state index in [0.29, 0.717) is 12.0 Å². The van der Waals surface area contributed by atoms with Gasteiger partial charge in [0.15, 0.2) is 5.82 Å². The molecule has 5 heterocycles. The molecule has 8 heteroatoms. The van der Waals surface area contributed by atoms with E-state index in [-0.39, 0.29) is 0 Å². The zero-order valence-electron chi connectivity index (χ0n) is 22.4. The maximum Gasteiger partial charge on any atom is 0.162 e. The number of aromatic nitrogens is 6. The molecule has 0 radical (unpaired) electrons. The number of benzene rings is 1. The molecule has 4 aromatic rings. The number of hydrogen-bond acceptors (Lipinski definition) is 6. The van der Waals surface area contributed by atoms with Gasteiger partial charge >= 0.3 is 0 Å². The number of nitrogens with one attached hydrogen (secondary N) is 1. The topological polar surface area (TPSA) is 78.8 Å². The Bertz CT molecular complexity index is 1490. The van der Waals surface area contributed by atoms with Gasteiger partial charge in [0.25, 0.3) is 0 Å². The van der Waals surface area contributed by atoms with Crippen LogP contribution in [0, 0.1) is 13.8 Å². The Kier molecular flexibility index (Phi) is 5.27. The van der Waals surface area contributed by atoms with Crippen LogP contribution in [0.4, 0.5) is 11.6 Å². The van der Waals surface area contributed by atoms with Crippen molar-refractivity contribution in [3.8, 4) is 11.4 Å². The monoisotopic (exact) mass is 496 g/mol. The standard InChI is InChI=1S/C29H36N8/c1-17-8-11-23-27(19(3)32-33-23)26(17)28-30-22-12-14-36(25-15-24(20-9-10-20)34-35(25)4)16-21(22)29(31-28)37-13-6-5-7-18(37)2/h8,11,15,18,20H,5-7,9-10,12-14,16H2,1-4H3,(H,32,33). The molecule has 0 amide bonds. The summed E-state index contributed by atoms with van der Waals surface area (Å²) in [5.41, 5.74) is 8.06. The molecule has 0 spiro atoms. The fourth-order valence-electron chi connectivity index (χ4n) is 6.37. The summed E-state index contributed by atoms with van der Waals surface area (Å²) in [4.78, 5) is 15.7. The normalized spacial score (nSPS) is 20.1. The first-order valence-corrected chi connectivity index (χ1v) is 13.9. The Morgan fingerprint density at radius 3 is 2.70 bits per heavy atom. The summed E-state index contributed by atoms with van der Waals surface area (Å²) in [7, 11) is 2.08. The molecule has 0 bridgehead atoms. The van der Waals surface area contributed by atoms with Gasteiger partial charge in [0.1, 0.15) is 11.6 Å². The van der Waals surface area contributed by atoms with E-state index in [0.717, 1.165) is 59.9 Å². The fourth-order valence-corrected chi connectivity index (χ4v) is 6.37. The van der Waals surface area contributed by atoms with Crippen molar-refractivity contribution in [2.45, 2.75) is 77.8 Å². The van der Waals surface area contributed by atoms with Crippen LogP contribution in [0.5, 0.6) is 0 Å². The highest BCUT2D eigenvalue weighted by molar-refractivity contribution is 5.96. The van der Waals surface area contributed by atoms with Crippen LogP contribution in [-0.4, -0.2) is 49.1 Å². The molecule has 1 N–H and O–H groups in total. The van der Waals surface area contributed by atoms with Crippen LogP contribution >= 0.6 is 0 Å². The van der Waals surface area contributed by atoms with Gasteiger partial charge in [-0.3, -0.25) is 9.78 Å². The van der Waals surface area contributed by atoms with E-state index >= 15 is 0 Å². The van der Waals surface area contributed by atoms with Gasteiger partial charge in [-0.1, -0.05) is 6.07 Å². The first kappa shape index (κ1) is 22.8. The van der Waals surface area contributed by atoms with E-state index in [1.807, 2.05) is 0 Å². The van der Waals surface area contributed by atoms with Gasteiger partial charge in [-0.2, -0.15) is 10.2 Å². The third-order valence-corrected chi connectivity index (χ3v) is 8.65. The quantitative estimate of drug-likeness (QED) is 0.419. The molecule has 2 fully saturated rings. The highest BCUT2D eigenvalue weighted by atomic mass is 15.4. The van der Waals surface area contributed by atoms with Crippen molar-refractivity contribution in [2.75, 3.05) is 22.9 Å². The lowest BCUT2D eigenvalue weighted by Crippen LogP contribution is -2.41. The van der Waals surface area contributed by atoms with E-state index in [4.69, 9.17) is 15.1 Å². The summed E-state index contributed by atoms with van der Waals surface area (Å²) in [6.45, 7) is 9.39. The fraction of sp³-hybridized carbons (Fsp3) is 0.517. The van der Waals surface area contributed by atoms with Crippen LogP contribution in [0.3, 0.4) is 0 Å². The minimum Gasteiger partial charge on any atom is -0.354 e. The molecule has 2 aliphatic heterocycles. The zero-order chi connectivity index (χ0) is 25.3. The summed E-state index contributed by atoms with van der Waals surface area (Å²) in [6.07, 6.45) is 7.16. The van der Waals surface area contributed by atoms with Crippen LogP contribution in [0.15, 0.2) is 18.2 Å². The van der Waals surface area contributed by atoms with Gasteiger partial charge < -0.3 is 9.80 Å². The van der Waals surface area contributed by atoms with Gasteiger partial charge in [0.2, 0.25) is 0 Å². The highest BCUT2D eigenvalue weighted by Gasteiger charge is 2.32. The predicted octanol–water partition coefficient (Wildman–Crippen LogP) is 5.19. The van der Waals surface area contributed by atoms with E-state index in [1.165, 1.54) is 60.4 Å². The maximum atomic E-state index is 5.38.